The molecule has 0 aliphatic heterocycles. The second kappa shape index (κ2) is 8.62. The van der Waals surface area contributed by atoms with Gasteiger partial charge < -0.3 is 5.32 Å². The molecule has 0 saturated carbocycles. The molecule has 3 nitrogen and oxygen atoms in total. The Hall–Kier alpha value is -2.16. The molecule has 0 aliphatic rings. The van der Waals surface area contributed by atoms with E-state index >= 15 is 0 Å². The summed E-state index contributed by atoms with van der Waals surface area (Å²) in [5.41, 5.74) is 3.47. The molecule has 0 atom stereocenters. The van der Waals surface area contributed by atoms with Crippen LogP contribution in [0.5, 0.6) is 0 Å². The molecular formula is C21H29N2O+. The molecular weight excluding hydrogens is 296 g/mol. The normalized spacial score (nSPS) is 11.1. The number of carbonyl (C=O) groups excluding carboxylic acids is 1. The average molecular weight is 325 g/mol. The van der Waals surface area contributed by atoms with E-state index in [2.05, 4.69) is 57.3 Å². The van der Waals surface area contributed by atoms with Crippen LogP contribution in [-0.4, -0.2) is 5.91 Å². The number of nitrogens with one attached hydrogen (secondary N) is 1. The standard InChI is InChI=1S/C21H28N2O/c1-5-17(6-2)19-11-13-23(14-12-19)15-21(24)22-20-9-7-18(8-10-20)16(3)4/h7-14,16-17H,5-6,15H2,1-4H3/p+1. The summed E-state index contributed by atoms with van der Waals surface area (Å²) >= 11 is 0. The molecule has 2 aromatic rings. The van der Waals surface area contributed by atoms with E-state index in [1.54, 1.807) is 0 Å². The first kappa shape index (κ1) is 18.2. The van der Waals surface area contributed by atoms with E-state index in [0.29, 0.717) is 18.4 Å². The molecule has 0 spiro atoms. The van der Waals surface area contributed by atoms with E-state index in [1.807, 2.05) is 29.1 Å². The minimum Gasteiger partial charge on any atom is -0.321 e. The van der Waals surface area contributed by atoms with E-state index in [1.165, 1.54) is 11.1 Å². The maximum absolute atomic E-state index is 12.2. The number of nitrogens with zero attached hydrogens (tertiary/aromatic N) is 1. The third-order valence-corrected chi connectivity index (χ3v) is 4.56. The van der Waals surface area contributed by atoms with Crippen LogP contribution in [0, 0.1) is 0 Å². The molecule has 2 rings (SSSR count). The van der Waals surface area contributed by atoms with Gasteiger partial charge in [0, 0.05) is 17.8 Å². The number of pyridine rings is 1. The van der Waals surface area contributed by atoms with Gasteiger partial charge in [-0.25, -0.2) is 0 Å². The van der Waals surface area contributed by atoms with Crippen molar-refractivity contribution in [1.29, 1.82) is 0 Å². The van der Waals surface area contributed by atoms with E-state index in [9.17, 15) is 4.79 Å². The number of hydrogen-bond acceptors (Lipinski definition) is 1. The van der Waals surface area contributed by atoms with Crippen LogP contribution in [0.15, 0.2) is 48.8 Å². The maximum atomic E-state index is 12.2. The minimum absolute atomic E-state index is 0.00687. The number of hydrogen-bond donors (Lipinski definition) is 1. The predicted octanol–water partition coefficient (Wildman–Crippen LogP) is 4.64. The van der Waals surface area contributed by atoms with Crippen molar-refractivity contribution in [3.63, 3.8) is 0 Å². The SMILES string of the molecule is CCC(CC)c1cc[n+](CC(=O)Nc2ccc(C(C)C)cc2)cc1. The fraction of sp³-hybridized carbons (Fsp3) is 0.429. The number of benzene rings is 1. The summed E-state index contributed by atoms with van der Waals surface area (Å²) in [6, 6.07) is 12.3. The first-order valence-electron chi connectivity index (χ1n) is 8.92. The van der Waals surface area contributed by atoms with Gasteiger partial charge in [0.05, 0.1) is 0 Å². The van der Waals surface area contributed by atoms with Gasteiger partial charge in [-0.1, -0.05) is 39.8 Å². The Bertz CT molecular complexity index is 641. The quantitative estimate of drug-likeness (QED) is 0.739. The number of anilines is 1. The molecule has 0 saturated heterocycles. The van der Waals surface area contributed by atoms with Gasteiger partial charge in [-0.2, -0.15) is 4.57 Å². The second-order valence-corrected chi connectivity index (χ2v) is 6.64. The van der Waals surface area contributed by atoms with Crippen molar-refractivity contribution in [2.24, 2.45) is 0 Å². The first-order valence-corrected chi connectivity index (χ1v) is 8.92. The minimum atomic E-state index is -0.00687. The Morgan fingerprint density at radius 2 is 1.54 bits per heavy atom. The zero-order chi connectivity index (χ0) is 17.5. The predicted molar refractivity (Wildman–Crippen MR) is 99.1 cm³/mol. The lowest BCUT2D eigenvalue weighted by molar-refractivity contribution is -0.684. The number of aromatic nitrogens is 1. The summed E-state index contributed by atoms with van der Waals surface area (Å²) in [5, 5.41) is 2.96. The molecule has 0 radical (unpaired) electrons. The van der Waals surface area contributed by atoms with Crippen molar-refractivity contribution in [3.8, 4) is 0 Å². The van der Waals surface area contributed by atoms with Gasteiger partial charge in [-0.3, -0.25) is 4.79 Å². The molecule has 1 heterocycles. The first-order chi connectivity index (χ1) is 11.5. The van der Waals surface area contributed by atoms with E-state index in [-0.39, 0.29) is 5.91 Å². The summed E-state index contributed by atoms with van der Waals surface area (Å²) in [5.74, 6) is 1.10. The largest absolute Gasteiger partial charge is 0.321 e. The molecule has 3 heteroatoms. The highest BCUT2D eigenvalue weighted by molar-refractivity contribution is 5.89. The van der Waals surface area contributed by atoms with Crippen molar-refractivity contribution < 1.29 is 9.36 Å². The Labute approximate surface area is 145 Å². The number of carbonyl (C=O) groups is 1. The van der Waals surface area contributed by atoms with Crippen molar-refractivity contribution in [2.45, 2.75) is 58.9 Å². The van der Waals surface area contributed by atoms with Gasteiger partial charge >= 0.3 is 0 Å². The molecule has 0 aliphatic carbocycles. The molecule has 0 fully saturated rings. The molecule has 1 N–H and O–H groups in total. The highest BCUT2D eigenvalue weighted by Crippen LogP contribution is 2.21. The Balaban J connectivity index is 1.94. The number of amides is 1. The summed E-state index contributed by atoms with van der Waals surface area (Å²) in [7, 11) is 0. The molecule has 0 unspecified atom stereocenters. The molecule has 1 aromatic heterocycles. The molecule has 0 bridgehead atoms. The lowest BCUT2D eigenvalue weighted by atomic mass is 9.95. The van der Waals surface area contributed by atoms with Crippen LogP contribution < -0.4 is 9.88 Å². The lowest BCUT2D eigenvalue weighted by Gasteiger charge is -2.11. The summed E-state index contributed by atoms with van der Waals surface area (Å²) in [6.07, 6.45) is 6.28. The van der Waals surface area contributed by atoms with Crippen LogP contribution in [0.2, 0.25) is 0 Å². The molecule has 1 aromatic carbocycles. The molecule has 24 heavy (non-hydrogen) atoms. The second-order valence-electron chi connectivity index (χ2n) is 6.64. The maximum Gasteiger partial charge on any atom is 0.290 e. The van der Waals surface area contributed by atoms with Crippen LogP contribution in [0.1, 0.15) is 63.5 Å². The van der Waals surface area contributed by atoms with Crippen molar-refractivity contribution >= 4 is 11.6 Å². The zero-order valence-electron chi connectivity index (χ0n) is 15.3. The topological polar surface area (TPSA) is 33.0 Å². The van der Waals surface area contributed by atoms with Crippen molar-refractivity contribution in [1.82, 2.24) is 0 Å². The van der Waals surface area contributed by atoms with Gasteiger partial charge in [0.1, 0.15) is 0 Å². The lowest BCUT2D eigenvalue weighted by Crippen LogP contribution is -2.39. The van der Waals surface area contributed by atoms with Crippen LogP contribution >= 0.6 is 0 Å². The summed E-state index contributed by atoms with van der Waals surface area (Å²) in [4.78, 5) is 12.2. The molecule has 1 amide bonds. The summed E-state index contributed by atoms with van der Waals surface area (Å²) < 4.78 is 1.92. The zero-order valence-corrected chi connectivity index (χ0v) is 15.3. The average Bonchev–Trinajstić information content (AvgIpc) is 2.58. The third-order valence-electron chi connectivity index (χ3n) is 4.56. The Morgan fingerprint density at radius 3 is 2.04 bits per heavy atom. The van der Waals surface area contributed by atoms with Crippen LogP contribution in [-0.2, 0) is 11.3 Å². The van der Waals surface area contributed by atoms with Crippen LogP contribution in [0.25, 0.3) is 0 Å². The van der Waals surface area contributed by atoms with E-state index in [4.69, 9.17) is 0 Å². The van der Waals surface area contributed by atoms with Crippen LogP contribution in [0.4, 0.5) is 5.69 Å². The highest BCUT2D eigenvalue weighted by Gasteiger charge is 2.12. The monoisotopic (exact) mass is 325 g/mol. The third kappa shape index (κ3) is 4.92. The van der Waals surface area contributed by atoms with Crippen molar-refractivity contribution in [2.75, 3.05) is 5.32 Å². The number of rotatable bonds is 7. The van der Waals surface area contributed by atoms with E-state index in [0.717, 1.165) is 18.5 Å². The van der Waals surface area contributed by atoms with E-state index < -0.39 is 0 Å². The smallest absolute Gasteiger partial charge is 0.290 e. The van der Waals surface area contributed by atoms with Crippen LogP contribution in [0.3, 0.4) is 0 Å². The fourth-order valence-corrected chi connectivity index (χ4v) is 2.92. The van der Waals surface area contributed by atoms with Gasteiger partial charge in [0.2, 0.25) is 6.54 Å². The van der Waals surface area contributed by atoms with Gasteiger partial charge in [-0.15, -0.1) is 0 Å². The molecule has 128 valence electrons. The Kier molecular flexibility index (Phi) is 6.53. The summed E-state index contributed by atoms with van der Waals surface area (Å²) in [6.45, 7) is 9.08. The van der Waals surface area contributed by atoms with Gasteiger partial charge in [0.15, 0.2) is 12.4 Å². The highest BCUT2D eigenvalue weighted by atomic mass is 16.1. The van der Waals surface area contributed by atoms with Crippen molar-refractivity contribution in [3.05, 3.63) is 59.9 Å². The fourth-order valence-electron chi connectivity index (χ4n) is 2.92. The van der Waals surface area contributed by atoms with Gasteiger partial charge in [-0.05, 0) is 47.9 Å². The Morgan fingerprint density at radius 1 is 0.958 bits per heavy atom. The van der Waals surface area contributed by atoms with Gasteiger partial charge in [0.25, 0.3) is 5.91 Å².